The van der Waals surface area contributed by atoms with Gasteiger partial charge in [-0.25, -0.2) is 0 Å². The summed E-state index contributed by atoms with van der Waals surface area (Å²) in [5.41, 5.74) is 8.48. The Labute approximate surface area is 125 Å². The molecule has 0 spiro atoms. The number of ether oxygens (including phenoxy) is 1. The highest BCUT2D eigenvalue weighted by atomic mass is 16.5. The van der Waals surface area contributed by atoms with Gasteiger partial charge in [-0.15, -0.1) is 0 Å². The summed E-state index contributed by atoms with van der Waals surface area (Å²) in [4.78, 5) is 12.2. The zero-order chi connectivity index (χ0) is 15.2. The van der Waals surface area contributed by atoms with Crippen LogP contribution in [0.5, 0.6) is 5.75 Å². The molecule has 1 heterocycles. The standard InChI is InChI=1S/C17H22N2O2/c1-3-9-19-13(2)10-16(20)17(15(19)11-18)21-12-14-7-5-4-6-8-14/h4-8,10H,3,9,11-12,18H2,1-2H3. The number of rotatable bonds is 6. The fourth-order valence-electron chi connectivity index (χ4n) is 2.43. The molecule has 2 rings (SSSR count). The van der Waals surface area contributed by atoms with Crippen LogP contribution >= 0.6 is 0 Å². The van der Waals surface area contributed by atoms with Gasteiger partial charge in [-0.1, -0.05) is 37.3 Å². The number of nitrogens with two attached hydrogens (primary N) is 1. The molecule has 0 amide bonds. The summed E-state index contributed by atoms with van der Waals surface area (Å²) in [5, 5.41) is 0. The van der Waals surface area contributed by atoms with Crippen molar-refractivity contribution in [2.45, 2.75) is 40.0 Å². The fraction of sp³-hybridized carbons (Fsp3) is 0.353. The molecular weight excluding hydrogens is 264 g/mol. The van der Waals surface area contributed by atoms with Crippen LogP contribution in [0.3, 0.4) is 0 Å². The van der Waals surface area contributed by atoms with Gasteiger partial charge < -0.3 is 15.0 Å². The van der Waals surface area contributed by atoms with Crippen molar-refractivity contribution in [3.8, 4) is 5.75 Å². The van der Waals surface area contributed by atoms with Crippen molar-refractivity contribution in [2.24, 2.45) is 5.73 Å². The first-order valence-corrected chi connectivity index (χ1v) is 7.27. The van der Waals surface area contributed by atoms with Gasteiger partial charge in [0.1, 0.15) is 6.61 Å². The maximum atomic E-state index is 12.2. The zero-order valence-corrected chi connectivity index (χ0v) is 12.6. The Balaban J connectivity index is 2.33. The number of aromatic nitrogens is 1. The fourth-order valence-corrected chi connectivity index (χ4v) is 2.43. The Morgan fingerprint density at radius 2 is 1.95 bits per heavy atom. The molecule has 4 heteroatoms. The van der Waals surface area contributed by atoms with Crippen molar-refractivity contribution in [2.75, 3.05) is 0 Å². The van der Waals surface area contributed by atoms with Crippen molar-refractivity contribution in [3.05, 3.63) is 63.6 Å². The van der Waals surface area contributed by atoms with Crippen LogP contribution in [0.2, 0.25) is 0 Å². The van der Waals surface area contributed by atoms with Gasteiger partial charge in [-0.05, 0) is 18.9 Å². The minimum Gasteiger partial charge on any atom is -0.483 e. The maximum Gasteiger partial charge on any atom is 0.223 e. The SMILES string of the molecule is CCCn1c(C)cc(=O)c(OCc2ccccc2)c1CN. The number of pyridine rings is 1. The third kappa shape index (κ3) is 3.52. The third-order valence-corrected chi connectivity index (χ3v) is 3.44. The molecule has 0 fully saturated rings. The molecule has 112 valence electrons. The predicted molar refractivity (Wildman–Crippen MR) is 84.4 cm³/mol. The monoisotopic (exact) mass is 286 g/mol. The van der Waals surface area contributed by atoms with Gasteiger partial charge >= 0.3 is 0 Å². The number of aryl methyl sites for hydroxylation is 1. The predicted octanol–water partition coefficient (Wildman–Crippen LogP) is 2.60. The van der Waals surface area contributed by atoms with Gasteiger partial charge in [-0.2, -0.15) is 0 Å². The summed E-state index contributed by atoms with van der Waals surface area (Å²) in [6, 6.07) is 11.4. The van der Waals surface area contributed by atoms with Crippen LogP contribution < -0.4 is 15.9 Å². The minimum absolute atomic E-state index is 0.101. The van der Waals surface area contributed by atoms with Crippen molar-refractivity contribution in [3.63, 3.8) is 0 Å². The molecule has 21 heavy (non-hydrogen) atoms. The van der Waals surface area contributed by atoms with E-state index >= 15 is 0 Å². The molecule has 2 N–H and O–H groups in total. The van der Waals surface area contributed by atoms with Crippen LogP contribution in [0.4, 0.5) is 0 Å². The Hall–Kier alpha value is -2.07. The molecular formula is C17H22N2O2. The summed E-state index contributed by atoms with van der Waals surface area (Å²) in [7, 11) is 0. The van der Waals surface area contributed by atoms with Crippen molar-refractivity contribution in [1.29, 1.82) is 0 Å². The second-order valence-electron chi connectivity index (χ2n) is 5.06. The van der Waals surface area contributed by atoms with E-state index in [1.165, 1.54) is 0 Å². The molecule has 0 saturated heterocycles. The second-order valence-corrected chi connectivity index (χ2v) is 5.06. The third-order valence-electron chi connectivity index (χ3n) is 3.44. The molecule has 1 aromatic heterocycles. The van der Waals surface area contributed by atoms with Gasteiger partial charge in [0.05, 0.1) is 5.69 Å². The first-order valence-electron chi connectivity index (χ1n) is 7.27. The summed E-state index contributed by atoms with van der Waals surface area (Å²) in [5.74, 6) is 0.375. The maximum absolute atomic E-state index is 12.2. The number of hydrogen-bond donors (Lipinski definition) is 1. The average Bonchev–Trinajstić information content (AvgIpc) is 2.49. The van der Waals surface area contributed by atoms with Gasteiger partial charge in [0, 0.05) is 24.8 Å². The summed E-state index contributed by atoms with van der Waals surface area (Å²) < 4.78 is 7.84. The lowest BCUT2D eigenvalue weighted by molar-refractivity contribution is 0.295. The molecule has 0 aliphatic rings. The minimum atomic E-state index is -0.101. The zero-order valence-electron chi connectivity index (χ0n) is 12.6. The highest BCUT2D eigenvalue weighted by molar-refractivity contribution is 5.31. The Kier molecular flexibility index (Phi) is 5.17. The van der Waals surface area contributed by atoms with Gasteiger partial charge in [0.15, 0.2) is 5.75 Å². The molecule has 2 aromatic rings. The first-order chi connectivity index (χ1) is 10.2. The van der Waals surface area contributed by atoms with Gasteiger partial charge in [0.2, 0.25) is 5.43 Å². The molecule has 1 aromatic carbocycles. The van der Waals surface area contributed by atoms with Crippen LogP contribution in [-0.4, -0.2) is 4.57 Å². The molecule has 0 saturated carbocycles. The largest absolute Gasteiger partial charge is 0.483 e. The molecule has 0 unspecified atom stereocenters. The van der Waals surface area contributed by atoms with Crippen LogP contribution in [-0.2, 0) is 19.7 Å². The molecule has 0 bridgehead atoms. The van der Waals surface area contributed by atoms with Gasteiger partial charge in [-0.3, -0.25) is 4.79 Å². The topological polar surface area (TPSA) is 57.2 Å². The summed E-state index contributed by atoms with van der Waals surface area (Å²) in [6.07, 6.45) is 0.981. The summed E-state index contributed by atoms with van der Waals surface area (Å²) in [6.45, 7) is 5.53. The Morgan fingerprint density at radius 1 is 1.24 bits per heavy atom. The van der Waals surface area contributed by atoms with Crippen molar-refractivity contribution in [1.82, 2.24) is 4.57 Å². The van der Waals surface area contributed by atoms with E-state index < -0.39 is 0 Å². The highest BCUT2D eigenvalue weighted by Crippen LogP contribution is 2.17. The highest BCUT2D eigenvalue weighted by Gasteiger charge is 2.13. The number of nitrogens with zero attached hydrogens (tertiary/aromatic N) is 1. The van der Waals surface area contributed by atoms with E-state index in [1.54, 1.807) is 6.07 Å². The average molecular weight is 286 g/mol. The second kappa shape index (κ2) is 7.09. The first kappa shape index (κ1) is 15.3. The van der Waals surface area contributed by atoms with E-state index in [4.69, 9.17) is 10.5 Å². The Bertz CT molecular complexity index is 648. The van der Waals surface area contributed by atoms with Crippen molar-refractivity contribution < 1.29 is 4.74 Å². The lowest BCUT2D eigenvalue weighted by atomic mass is 10.2. The van der Waals surface area contributed by atoms with Crippen molar-refractivity contribution >= 4 is 0 Å². The lowest BCUT2D eigenvalue weighted by Gasteiger charge is -2.19. The van der Waals surface area contributed by atoms with Crippen LogP contribution in [0.1, 0.15) is 30.3 Å². The Morgan fingerprint density at radius 3 is 2.57 bits per heavy atom. The van der Waals surface area contributed by atoms with E-state index in [1.807, 2.05) is 37.3 Å². The molecule has 0 atom stereocenters. The smallest absolute Gasteiger partial charge is 0.223 e. The normalized spacial score (nSPS) is 10.6. The van der Waals surface area contributed by atoms with E-state index in [9.17, 15) is 4.79 Å². The van der Waals surface area contributed by atoms with Gasteiger partial charge in [0.25, 0.3) is 0 Å². The van der Waals surface area contributed by atoms with E-state index in [0.717, 1.165) is 29.9 Å². The number of benzene rings is 1. The van der Waals surface area contributed by atoms with Crippen LogP contribution in [0.15, 0.2) is 41.2 Å². The molecule has 0 aliphatic carbocycles. The molecule has 0 radical (unpaired) electrons. The van der Waals surface area contributed by atoms with E-state index in [2.05, 4.69) is 11.5 Å². The summed E-state index contributed by atoms with van der Waals surface area (Å²) >= 11 is 0. The number of hydrogen-bond acceptors (Lipinski definition) is 3. The quantitative estimate of drug-likeness (QED) is 0.888. The van der Waals surface area contributed by atoms with Crippen LogP contribution in [0.25, 0.3) is 0 Å². The van der Waals surface area contributed by atoms with Crippen LogP contribution in [0, 0.1) is 6.92 Å². The molecule has 4 nitrogen and oxygen atoms in total. The lowest BCUT2D eigenvalue weighted by Crippen LogP contribution is -2.21. The van der Waals surface area contributed by atoms with E-state index in [-0.39, 0.29) is 5.43 Å². The molecule has 0 aliphatic heterocycles. The van der Waals surface area contributed by atoms with E-state index in [0.29, 0.717) is 18.9 Å².